The zero-order valence-electron chi connectivity index (χ0n) is 14.2. The van der Waals surface area contributed by atoms with Crippen LogP contribution in [0.5, 0.6) is 17.2 Å². The molecule has 2 aliphatic heterocycles. The molecule has 1 atom stereocenters. The van der Waals surface area contributed by atoms with Crippen LogP contribution in [0.3, 0.4) is 0 Å². The fraction of sp³-hybridized carbons (Fsp3) is 0.316. The maximum atomic E-state index is 6.26. The van der Waals surface area contributed by atoms with Crippen LogP contribution in [0.25, 0.3) is 0 Å². The third-order valence-electron chi connectivity index (χ3n) is 4.37. The fourth-order valence-corrected chi connectivity index (χ4v) is 3.44. The summed E-state index contributed by atoms with van der Waals surface area (Å²) in [5.41, 5.74) is 8.10. The van der Waals surface area contributed by atoms with Crippen molar-refractivity contribution in [1.82, 2.24) is 5.32 Å². The Balaban J connectivity index is 1.46. The molecule has 0 radical (unpaired) electrons. The Morgan fingerprint density at radius 2 is 1.92 bits per heavy atom. The van der Waals surface area contributed by atoms with E-state index in [1.54, 1.807) is 0 Å². The molecule has 2 aromatic carbocycles. The van der Waals surface area contributed by atoms with Gasteiger partial charge in [-0.05, 0) is 23.8 Å². The van der Waals surface area contributed by atoms with Crippen LogP contribution >= 0.6 is 11.6 Å². The molecule has 1 unspecified atom stereocenters. The highest BCUT2D eigenvalue weighted by Gasteiger charge is 2.21. The van der Waals surface area contributed by atoms with Crippen molar-refractivity contribution in [1.29, 1.82) is 0 Å². The average molecular weight is 374 g/mol. The standard InChI is InChI=1S/C19H20ClN3O3/c20-14-9-12(10-17-18(14)26-8-7-25-17)11-22-19(21)23-15-5-6-24-16-4-2-1-3-13(15)16/h1-4,9-10,15H,5-8,11H2,(H3,21,22,23). The van der Waals surface area contributed by atoms with E-state index in [2.05, 4.69) is 10.3 Å². The second kappa shape index (κ2) is 7.33. The molecule has 2 heterocycles. The number of nitrogens with zero attached hydrogens (tertiary/aromatic N) is 1. The number of nitrogens with one attached hydrogen (secondary N) is 1. The highest BCUT2D eigenvalue weighted by atomic mass is 35.5. The van der Waals surface area contributed by atoms with Gasteiger partial charge in [0.25, 0.3) is 0 Å². The topological polar surface area (TPSA) is 78.1 Å². The zero-order valence-corrected chi connectivity index (χ0v) is 15.0. The molecule has 136 valence electrons. The van der Waals surface area contributed by atoms with Crippen LogP contribution in [0.4, 0.5) is 0 Å². The smallest absolute Gasteiger partial charge is 0.189 e. The van der Waals surface area contributed by atoms with Crippen molar-refractivity contribution in [3.05, 3.63) is 52.5 Å². The molecule has 0 amide bonds. The highest BCUT2D eigenvalue weighted by Crippen LogP contribution is 2.38. The molecular formula is C19H20ClN3O3. The Labute approximate surface area is 156 Å². The first-order valence-electron chi connectivity index (χ1n) is 8.57. The van der Waals surface area contributed by atoms with Crippen LogP contribution in [0.1, 0.15) is 23.6 Å². The van der Waals surface area contributed by atoms with Gasteiger partial charge in [-0.25, -0.2) is 4.99 Å². The van der Waals surface area contributed by atoms with Gasteiger partial charge in [0.1, 0.15) is 19.0 Å². The second-order valence-corrected chi connectivity index (χ2v) is 6.58. The van der Waals surface area contributed by atoms with E-state index in [-0.39, 0.29) is 6.04 Å². The number of hydrogen-bond donors (Lipinski definition) is 2. The van der Waals surface area contributed by atoms with Gasteiger partial charge in [0.05, 0.1) is 24.2 Å². The van der Waals surface area contributed by atoms with Gasteiger partial charge in [0.15, 0.2) is 17.5 Å². The Morgan fingerprint density at radius 1 is 1.12 bits per heavy atom. The molecule has 26 heavy (non-hydrogen) atoms. The summed E-state index contributed by atoms with van der Waals surface area (Å²) in [4.78, 5) is 4.44. The number of para-hydroxylation sites is 1. The third kappa shape index (κ3) is 3.51. The van der Waals surface area contributed by atoms with Gasteiger partial charge in [-0.3, -0.25) is 0 Å². The summed E-state index contributed by atoms with van der Waals surface area (Å²) in [7, 11) is 0. The Morgan fingerprint density at radius 3 is 2.85 bits per heavy atom. The van der Waals surface area contributed by atoms with Gasteiger partial charge in [-0.2, -0.15) is 0 Å². The molecular weight excluding hydrogens is 354 g/mol. The van der Waals surface area contributed by atoms with Crippen LogP contribution in [-0.4, -0.2) is 25.8 Å². The summed E-state index contributed by atoms with van der Waals surface area (Å²) in [5.74, 6) is 2.52. The van der Waals surface area contributed by atoms with E-state index in [1.807, 2.05) is 36.4 Å². The average Bonchev–Trinajstić information content (AvgIpc) is 2.67. The van der Waals surface area contributed by atoms with Crippen LogP contribution in [-0.2, 0) is 6.54 Å². The number of ether oxygens (including phenoxy) is 3. The van der Waals surface area contributed by atoms with Crippen molar-refractivity contribution in [2.75, 3.05) is 19.8 Å². The van der Waals surface area contributed by atoms with E-state index in [0.29, 0.717) is 48.8 Å². The molecule has 7 heteroatoms. The van der Waals surface area contributed by atoms with Gasteiger partial charge >= 0.3 is 0 Å². The van der Waals surface area contributed by atoms with Gasteiger partial charge in [-0.1, -0.05) is 29.8 Å². The minimum absolute atomic E-state index is 0.0903. The molecule has 0 saturated carbocycles. The first-order valence-corrected chi connectivity index (χ1v) is 8.95. The second-order valence-electron chi connectivity index (χ2n) is 6.18. The normalized spacial score (nSPS) is 18.7. The Kier molecular flexibility index (Phi) is 4.75. The van der Waals surface area contributed by atoms with Crippen molar-refractivity contribution in [2.45, 2.75) is 19.0 Å². The molecule has 3 N–H and O–H groups in total. The minimum Gasteiger partial charge on any atom is -0.493 e. The number of nitrogens with two attached hydrogens (primary N) is 1. The van der Waals surface area contributed by atoms with E-state index in [4.69, 9.17) is 31.5 Å². The maximum Gasteiger partial charge on any atom is 0.189 e. The van der Waals surface area contributed by atoms with E-state index >= 15 is 0 Å². The minimum atomic E-state index is 0.0903. The molecule has 0 saturated heterocycles. The number of rotatable bonds is 3. The van der Waals surface area contributed by atoms with Crippen LogP contribution < -0.4 is 25.3 Å². The SMILES string of the molecule is NC(=NCc1cc(Cl)c2c(c1)OCCO2)NC1CCOc2ccccc21. The van der Waals surface area contributed by atoms with Gasteiger partial charge < -0.3 is 25.3 Å². The lowest BCUT2D eigenvalue weighted by atomic mass is 10.0. The highest BCUT2D eigenvalue weighted by molar-refractivity contribution is 6.32. The van der Waals surface area contributed by atoms with Crippen molar-refractivity contribution < 1.29 is 14.2 Å². The summed E-state index contributed by atoms with van der Waals surface area (Å²) in [6.07, 6.45) is 0.836. The monoisotopic (exact) mass is 373 g/mol. The molecule has 0 bridgehead atoms. The van der Waals surface area contributed by atoms with Gasteiger partial charge in [0.2, 0.25) is 0 Å². The molecule has 0 fully saturated rings. The van der Waals surface area contributed by atoms with Crippen molar-refractivity contribution in [3.8, 4) is 17.2 Å². The van der Waals surface area contributed by atoms with E-state index in [1.165, 1.54) is 0 Å². The summed E-state index contributed by atoms with van der Waals surface area (Å²) in [5, 5.41) is 3.81. The van der Waals surface area contributed by atoms with Crippen LogP contribution in [0.2, 0.25) is 5.02 Å². The first kappa shape index (κ1) is 16.8. The van der Waals surface area contributed by atoms with Crippen molar-refractivity contribution in [3.63, 3.8) is 0 Å². The molecule has 0 aliphatic carbocycles. The van der Waals surface area contributed by atoms with E-state index in [9.17, 15) is 0 Å². The zero-order chi connectivity index (χ0) is 17.9. The Hall–Kier alpha value is -2.60. The number of hydrogen-bond acceptors (Lipinski definition) is 4. The predicted molar refractivity (Wildman–Crippen MR) is 100 cm³/mol. The molecule has 2 aliphatic rings. The van der Waals surface area contributed by atoms with Crippen molar-refractivity contribution >= 4 is 17.6 Å². The molecule has 0 spiro atoms. The molecule has 0 aromatic heterocycles. The third-order valence-corrected chi connectivity index (χ3v) is 4.65. The molecule has 4 rings (SSSR count). The van der Waals surface area contributed by atoms with Crippen molar-refractivity contribution in [2.24, 2.45) is 10.7 Å². The summed E-state index contributed by atoms with van der Waals surface area (Å²) >= 11 is 6.26. The number of guanidine groups is 1. The van der Waals surface area contributed by atoms with Gasteiger partial charge in [0, 0.05) is 12.0 Å². The van der Waals surface area contributed by atoms with E-state index < -0.39 is 0 Å². The van der Waals surface area contributed by atoms with Gasteiger partial charge in [-0.15, -0.1) is 0 Å². The van der Waals surface area contributed by atoms with Crippen LogP contribution in [0, 0.1) is 0 Å². The lowest BCUT2D eigenvalue weighted by Gasteiger charge is -2.27. The Bertz CT molecular complexity index is 841. The maximum absolute atomic E-state index is 6.26. The summed E-state index contributed by atoms with van der Waals surface area (Å²) in [6, 6.07) is 11.8. The molecule has 2 aromatic rings. The summed E-state index contributed by atoms with van der Waals surface area (Å²) < 4.78 is 16.8. The quantitative estimate of drug-likeness (QED) is 0.638. The first-order chi connectivity index (χ1) is 12.7. The largest absolute Gasteiger partial charge is 0.493 e. The lowest BCUT2D eigenvalue weighted by molar-refractivity contribution is 0.171. The van der Waals surface area contributed by atoms with E-state index in [0.717, 1.165) is 23.3 Å². The number of fused-ring (bicyclic) bond motifs is 2. The fourth-order valence-electron chi connectivity index (χ4n) is 3.15. The lowest BCUT2D eigenvalue weighted by Crippen LogP contribution is -2.37. The number of aliphatic imine (C=N–C) groups is 1. The summed E-state index contributed by atoms with van der Waals surface area (Å²) in [6.45, 7) is 2.08. The molecule has 6 nitrogen and oxygen atoms in total. The predicted octanol–water partition coefficient (Wildman–Crippen LogP) is 3.04. The van der Waals surface area contributed by atoms with Crippen LogP contribution in [0.15, 0.2) is 41.4 Å². The number of halogens is 1. The number of benzene rings is 2.